The Morgan fingerprint density at radius 2 is 1.86 bits per heavy atom. The number of pyridine rings is 1. The second-order valence-electron chi connectivity index (χ2n) is 11.2. The lowest BCUT2D eigenvalue weighted by Crippen LogP contribution is -2.23. The minimum Gasteiger partial charge on any atom is -0.494 e. The first kappa shape index (κ1) is 29.8. The number of anilines is 1. The number of carboxylic acids is 1. The van der Waals surface area contributed by atoms with Gasteiger partial charge in [0.15, 0.2) is 0 Å². The number of carbonyl (C=O) groups excluding carboxylic acids is 1. The van der Waals surface area contributed by atoms with Crippen molar-refractivity contribution >= 4 is 17.7 Å². The smallest absolute Gasteiger partial charge is 0.303 e. The van der Waals surface area contributed by atoms with Crippen LogP contribution >= 0.6 is 0 Å². The molecule has 0 bridgehead atoms. The fraction of sp³-hybridized carbons (Fsp3) is 0.306. The highest BCUT2D eigenvalue weighted by Crippen LogP contribution is 2.36. The molecule has 1 amide bonds. The summed E-state index contributed by atoms with van der Waals surface area (Å²) in [5, 5.41) is 16.1. The lowest BCUT2D eigenvalue weighted by atomic mass is 9.88. The van der Waals surface area contributed by atoms with Gasteiger partial charge in [0, 0.05) is 24.8 Å². The number of nitrogens with one attached hydrogen (secondary N) is 2. The van der Waals surface area contributed by atoms with Crippen LogP contribution in [0.2, 0.25) is 0 Å². The summed E-state index contributed by atoms with van der Waals surface area (Å²) in [5.74, 6) is 0.648. The van der Waals surface area contributed by atoms with Crippen LogP contribution in [0, 0.1) is 6.92 Å². The van der Waals surface area contributed by atoms with Crippen LogP contribution in [0.3, 0.4) is 0 Å². The van der Waals surface area contributed by atoms with E-state index < -0.39 is 5.97 Å². The molecule has 1 unspecified atom stereocenters. The van der Waals surface area contributed by atoms with Gasteiger partial charge in [-0.3, -0.25) is 9.59 Å². The Balaban J connectivity index is 1.25. The van der Waals surface area contributed by atoms with Crippen molar-refractivity contribution < 1.29 is 19.4 Å². The first-order valence-electron chi connectivity index (χ1n) is 15.0. The van der Waals surface area contributed by atoms with E-state index in [2.05, 4.69) is 46.8 Å². The largest absolute Gasteiger partial charge is 0.494 e. The molecule has 0 radical (unpaired) electrons. The van der Waals surface area contributed by atoms with Crippen molar-refractivity contribution in [2.24, 2.45) is 0 Å². The predicted molar refractivity (Wildman–Crippen MR) is 169 cm³/mol. The summed E-state index contributed by atoms with van der Waals surface area (Å²) in [6, 6.07) is 23.9. The molecule has 0 saturated heterocycles. The maximum absolute atomic E-state index is 12.7. The third-order valence-corrected chi connectivity index (χ3v) is 7.96. The summed E-state index contributed by atoms with van der Waals surface area (Å²) >= 11 is 0. The number of fused-ring (bicyclic) bond motifs is 2. The van der Waals surface area contributed by atoms with Crippen LogP contribution in [-0.2, 0) is 30.6 Å². The Hall–Kier alpha value is -4.65. The number of benzene rings is 3. The van der Waals surface area contributed by atoms with Gasteiger partial charge in [-0.25, -0.2) is 4.98 Å². The van der Waals surface area contributed by atoms with Gasteiger partial charge in [0.25, 0.3) is 5.91 Å². The van der Waals surface area contributed by atoms with Crippen molar-refractivity contribution in [3.63, 3.8) is 0 Å². The summed E-state index contributed by atoms with van der Waals surface area (Å²) in [6.45, 7) is 5.82. The fourth-order valence-corrected chi connectivity index (χ4v) is 5.69. The minimum absolute atomic E-state index is 0.0666. The lowest BCUT2D eigenvalue weighted by Gasteiger charge is -2.17. The third-order valence-electron chi connectivity index (χ3n) is 7.96. The number of aromatic nitrogens is 1. The number of ether oxygens (including phenoxy) is 1. The van der Waals surface area contributed by atoms with Gasteiger partial charge in [-0.05, 0) is 108 Å². The van der Waals surface area contributed by atoms with Crippen molar-refractivity contribution in [2.45, 2.75) is 58.4 Å². The highest BCUT2D eigenvalue weighted by atomic mass is 16.5. The standard InChI is InChI=1S/C36H39N3O4/c1-3-25-12-14-38-34(18-25)37-13-5-15-43-32-10-9-27-19-31(22-35(40)41)33-11-8-26(17-30(33)20-29(27)21-32)23-39-36(42)28-7-4-6-24(2)16-28/h4,6-12,14,16-18,21,31H,3,5,13,15,19-20,22-23H2,1-2H3,(H,37,38)(H,39,42)(H,40,41). The number of nitrogens with zero attached hydrogens (tertiary/aromatic N) is 1. The molecule has 4 aromatic rings. The van der Waals surface area contributed by atoms with Crippen molar-refractivity contribution in [1.29, 1.82) is 0 Å². The van der Waals surface area contributed by atoms with Crippen LogP contribution in [0.1, 0.15) is 75.0 Å². The topological polar surface area (TPSA) is 101 Å². The number of hydrogen-bond donors (Lipinski definition) is 3. The predicted octanol–water partition coefficient (Wildman–Crippen LogP) is 6.47. The number of aryl methyl sites for hydroxylation is 2. The van der Waals surface area contributed by atoms with Gasteiger partial charge in [0.2, 0.25) is 0 Å². The SMILES string of the molecule is CCc1ccnc(NCCCOc2ccc3c(c2)Cc2cc(CNC(=O)c4cccc(C)c4)ccc2C(CC(=O)O)C3)c1. The number of carboxylic acid groups (broad SMARTS) is 1. The van der Waals surface area contributed by atoms with Gasteiger partial charge in [-0.2, -0.15) is 0 Å². The van der Waals surface area contributed by atoms with Gasteiger partial charge in [0.1, 0.15) is 11.6 Å². The molecule has 1 aliphatic carbocycles. The Morgan fingerprint density at radius 3 is 2.67 bits per heavy atom. The van der Waals surface area contributed by atoms with Crippen molar-refractivity contribution in [3.05, 3.63) is 124 Å². The average molecular weight is 578 g/mol. The first-order chi connectivity index (χ1) is 20.9. The summed E-state index contributed by atoms with van der Waals surface area (Å²) < 4.78 is 6.11. The van der Waals surface area contributed by atoms with Gasteiger partial charge < -0.3 is 20.5 Å². The Morgan fingerprint density at radius 1 is 0.977 bits per heavy atom. The zero-order valence-corrected chi connectivity index (χ0v) is 24.9. The average Bonchev–Trinajstić information content (AvgIpc) is 3.15. The maximum Gasteiger partial charge on any atom is 0.303 e. The van der Waals surface area contributed by atoms with Gasteiger partial charge >= 0.3 is 5.97 Å². The van der Waals surface area contributed by atoms with E-state index in [1.165, 1.54) is 5.56 Å². The minimum atomic E-state index is -0.806. The van der Waals surface area contributed by atoms with Crippen LogP contribution in [0.25, 0.3) is 0 Å². The molecule has 1 aliphatic rings. The van der Waals surface area contributed by atoms with E-state index in [1.807, 2.05) is 61.7 Å². The van der Waals surface area contributed by atoms with E-state index >= 15 is 0 Å². The molecule has 1 atom stereocenters. The quantitative estimate of drug-likeness (QED) is 0.167. The molecule has 222 valence electrons. The third kappa shape index (κ3) is 8.01. The maximum atomic E-state index is 12.7. The van der Waals surface area contributed by atoms with E-state index in [4.69, 9.17) is 4.74 Å². The molecule has 0 saturated carbocycles. The Kier molecular flexibility index (Phi) is 9.72. The van der Waals surface area contributed by atoms with Crippen LogP contribution in [0.4, 0.5) is 5.82 Å². The number of aliphatic carboxylic acids is 1. The zero-order chi connectivity index (χ0) is 30.2. The van der Waals surface area contributed by atoms with E-state index in [0.717, 1.165) is 64.3 Å². The van der Waals surface area contributed by atoms with Crippen molar-refractivity contribution in [3.8, 4) is 5.75 Å². The molecular weight excluding hydrogens is 538 g/mol. The Bertz CT molecular complexity index is 1600. The lowest BCUT2D eigenvalue weighted by molar-refractivity contribution is -0.137. The number of hydrogen-bond acceptors (Lipinski definition) is 5. The normalized spacial score (nSPS) is 13.8. The van der Waals surface area contributed by atoms with E-state index in [-0.39, 0.29) is 18.2 Å². The van der Waals surface area contributed by atoms with Crippen LogP contribution in [0.5, 0.6) is 5.75 Å². The molecule has 1 aromatic heterocycles. The van der Waals surface area contributed by atoms with E-state index in [0.29, 0.717) is 31.6 Å². The van der Waals surface area contributed by atoms with Crippen LogP contribution in [0.15, 0.2) is 79.0 Å². The molecule has 1 heterocycles. The molecule has 7 nitrogen and oxygen atoms in total. The van der Waals surface area contributed by atoms with Gasteiger partial charge in [-0.15, -0.1) is 0 Å². The molecule has 3 aromatic carbocycles. The number of amides is 1. The van der Waals surface area contributed by atoms with E-state index in [1.54, 1.807) is 0 Å². The molecular formula is C36H39N3O4. The zero-order valence-electron chi connectivity index (χ0n) is 24.9. The highest BCUT2D eigenvalue weighted by molar-refractivity contribution is 5.94. The molecule has 7 heteroatoms. The summed E-state index contributed by atoms with van der Waals surface area (Å²) in [4.78, 5) is 28.9. The number of rotatable bonds is 12. The molecule has 5 rings (SSSR count). The van der Waals surface area contributed by atoms with Crippen LogP contribution < -0.4 is 15.4 Å². The Labute approximate surface area is 253 Å². The monoisotopic (exact) mass is 577 g/mol. The van der Waals surface area contributed by atoms with Gasteiger partial charge in [-0.1, -0.05) is 48.9 Å². The van der Waals surface area contributed by atoms with Gasteiger partial charge in [0.05, 0.1) is 13.0 Å². The van der Waals surface area contributed by atoms with Crippen molar-refractivity contribution in [1.82, 2.24) is 10.3 Å². The molecule has 0 aliphatic heterocycles. The second kappa shape index (κ2) is 14.0. The summed E-state index contributed by atoms with van der Waals surface area (Å²) in [6.07, 6.45) is 5.04. The second-order valence-corrected chi connectivity index (χ2v) is 11.2. The van der Waals surface area contributed by atoms with E-state index in [9.17, 15) is 14.7 Å². The molecule has 0 fully saturated rings. The number of carbonyl (C=O) groups is 2. The summed E-state index contributed by atoms with van der Waals surface area (Å²) in [5.41, 5.74) is 8.35. The van der Waals surface area contributed by atoms with Crippen molar-refractivity contribution in [2.75, 3.05) is 18.5 Å². The molecule has 0 spiro atoms. The summed E-state index contributed by atoms with van der Waals surface area (Å²) in [7, 11) is 0. The van der Waals surface area contributed by atoms with Crippen LogP contribution in [-0.4, -0.2) is 35.1 Å². The first-order valence-corrected chi connectivity index (χ1v) is 15.0. The molecule has 3 N–H and O–H groups in total. The fourth-order valence-electron chi connectivity index (χ4n) is 5.69. The highest BCUT2D eigenvalue weighted by Gasteiger charge is 2.25. The molecule has 43 heavy (non-hydrogen) atoms.